The Balaban J connectivity index is 1.56. The first-order valence-corrected chi connectivity index (χ1v) is 8.73. The van der Waals surface area contributed by atoms with Gasteiger partial charge < -0.3 is 10.1 Å². The SMILES string of the molecule is Cc1ccc(Cl)c(OCn2ccc(C(=O)NC3CCCCC3)n2)c1. The average Bonchev–Trinajstić information content (AvgIpc) is 3.06. The molecule has 24 heavy (non-hydrogen) atoms. The van der Waals surface area contributed by atoms with Crippen LogP contribution >= 0.6 is 11.6 Å². The Bertz CT molecular complexity index is 708. The van der Waals surface area contributed by atoms with Crippen LogP contribution in [-0.2, 0) is 6.73 Å². The molecule has 0 spiro atoms. The fourth-order valence-corrected chi connectivity index (χ4v) is 3.09. The summed E-state index contributed by atoms with van der Waals surface area (Å²) in [5.41, 5.74) is 1.49. The van der Waals surface area contributed by atoms with Crippen LogP contribution in [0.1, 0.15) is 48.2 Å². The van der Waals surface area contributed by atoms with Crippen LogP contribution in [0.3, 0.4) is 0 Å². The molecule has 2 aromatic rings. The number of hydrogen-bond donors (Lipinski definition) is 1. The predicted octanol–water partition coefficient (Wildman–Crippen LogP) is 3.94. The smallest absolute Gasteiger partial charge is 0.271 e. The maximum absolute atomic E-state index is 12.3. The Labute approximate surface area is 147 Å². The average molecular weight is 348 g/mol. The van der Waals surface area contributed by atoms with E-state index < -0.39 is 0 Å². The third-order valence-electron chi connectivity index (χ3n) is 4.25. The summed E-state index contributed by atoms with van der Waals surface area (Å²) in [5, 5.41) is 7.90. The zero-order valence-electron chi connectivity index (χ0n) is 13.8. The van der Waals surface area contributed by atoms with Gasteiger partial charge in [0.15, 0.2) is 6.73 Å². The van der Waals surface area contributed by atoms with Crippen LogP contribution in [-0.4, -0.2) is 21.7 Å². The van der Waals surface area contributed by atoms with Crippen molar-refractivity contribution >= 4 is 17.5 Å². The number of halogens is 1. The molecular weight excluding hydrogens is 326 g/mol. The van der Waals surface area contributed by atoms with E-state index in [1.54, 1.807) is 23.0 Å². The number of benzene rings is 1. The molecule has 1 saturated carbocycles. The number of nitrogens with one attached hydrogen (secondary N) is 1. The van der Waals surface area contributed by atoms with Gasteiger partial charge in [-0.3, -0.25) is 4.79 Å². The molecule has 0 atom stereocenters. The van der Waals surface area contributed by atoms with Crippen molar-refractivity contribution in [2.24, 2.45) is 0 Å². The summed E-state index contributed by atoms with van der Waals surface area (Å²) in [6.45, 7) is 2.19. The number of amides is 1. The van der Waals surface area contributed by atoms with Crippen LogP contribution < -0.4 is 10.1 Å². The molecule has 5 nitrogen and oxygen atoms in total. The number of aromatic nitrogens is 2. The number of hydrogen-bond acceptors (Lipinski definition) is 3. The van der Waals surface area contributed by atoms with Gasteiger partial charge in [-0.15, -0.1) is 0 Å². The highest BCUT2D eigenvalue weighted by Crippen LogP contribution is 2.25. The molecule has 1 aliphatic rings. The number of aryl methyl sites for hydroxylation is 1. The number of nitrogens with zero attached hydrogens (tertiary/aromatic N) is 2. The lowest BCUT2D eigenvalue weighted by atomic mass is 9.95. The summed E-state index contributed by atoms with van der Waals surface area (Å²) in [6.07, 6.45) is 7.48. The quantitative estimate of drug-likeness (QED) is 0.891. The van der Waals surface area contributed by atoms with Gasteiger partial charge in [-0.2, -0.15) is 5.10 Å². The normalized spacial score (nSPS) is 15.2. The van der Waals surface area contributed by atoms with E-state index in [-0.39, 0.29) is 18.7 Å². The first-order valence-electron chi connectivity index (χ1n) is 8.35. The Hall–Kier alpha value is -2.01. The van der Waals surface area contributed by atoms with Crippen molar-refractivity contribution in [1.29, 1.82) is 0 Å². The largest absolute Gasteiger partial charge is 0.470 e. The lowest BCUT2D eigenvalue weighted by Crippen LogP contribution is -2.36. The number of carbonyl (C=O) groups excluding carboxylic acids is 1. The first-order chi connectivity index (χ1) is 11.6. The highest BCUT2D eigenvalue weighted by atomic mass is 35.5. The summed E-state index contributed by atoms with van der Waals surface area (Å²) >= 11 is 6.11. The molecule has 1 heterocycles. The third kappa shape index (κ3) is 4.29. The molecule has 1 aliphatic carbocycles. The molecule has 1 N–H and O–H groups in total. The standard InChI is InChI=1S/C18H22ClN3O2/c1-13-7-8-15(19)17(11-13)24-12-22-10-9-16(21-22)18(23)20-14-5-3-2-4-6-14/h7-11,14H,2-6,12H2,1H3,(H,20,23). The van der Waals surface area contributed by atoms with Gasteiger partial charge in [-0.05, 0) is 43.5 Å². The highest BCUT2D eigenvalue weighted by molar-refractivity contribution is 6.32. The predicted molar refractivity (Wildman–Crippen MR) is 93.4 cm³/mol. The molecule has 1 fully saturated rings. The minimum absolute atomic E-state index is 0.116. The second-order valence-electron chi connectivity index (χ2n) is 6.26. The maximum atomic E-state index is 12.3. The van der Waals surface area contributed by atoms with E-state index in [1.165, 1.54) is 19.3 Å². The molecule has 128 valence electrons. The minimum Gasteiger partial charge on any atom is -0.470 e. The molecule has 1 aromatic carbocycles. The maximum Gasteiger partial charge on any atom is 0.271 e. The van der Waals surface area contributed by atoms with Crippen LogP contribution in [0.5, 0.6) is 5.75 Å². The van der Waals surface area contributed by atoms with Crippen molar-refractivity contribution in [2.75, 3.05) is 0 Å². The van der Waals surface area contributed by atoms with Crippen LogP contribution in [0.4, 0.5) is 0 Å². The monoisotopic (exact) mass is 347 g/mol. The molecular formula is C18H22ClN3O2. The summed E-state index contributed by atoms with van der Waals surface area (Å²) in [6, 6.07) is 7.59. The topological polar surface area (TPSA) is 56.1 Å². The summed E-state index contributed by atoms with van der Waals surface area (Å²) in [4.78, 5) is 12.3. The zero-order valence-corrected chi connectivity index (χ0v) is 14.6. The first kappa shape index (κ1) is 16.8. The molecule has 0 aliphatic heterocycles. The van der Waals surface area contributed by atoms with E-state index in [4.69, 9.17) is 16.3 Å². The van der Waals surface area contributed by atoms with E-state index in [0.29, 0.717) is 16.5 Å². The summed E-state index contributed by atoms with van der Waals surface area (Å²) < 4.78 is 7.28. The number of rotatable bonds is 5. The van der Waals surface area contributed by atoms with Crippen LogP contribution in [0.25, 0.3) is 0 Å². The Morgan fingerprint density at radius 2 is 2.12 bits per heavy atom. The lowest BCUT2D eigenvalue weighted by Gasteiger charge is -2.22. The van der Waals surface area contributed by atoms with E-state index in [0.717, 1.165) is 18.4 Å². The Morgan fingerprint density at radius 3 is 2.92 bits per heavy atom. The van der Waals surface area contributed by atoms with Crippen molar-refractivity contribution in [1.82, 2.24) is 15.1 Å². The van der Waals surface area contributed by atoms with Gasteiger partial charge >= 0.3 is 0 Å². The fourth-order valence-electron chi connectivity index (χ4n) is 2.92. The minimum atomic E-state index is -0.116. The van der Waals surface area contributed by atoms with Gasteiger partial charge in [-0.1, -0.05) is 36.9 Å². The molecule has 3 rings (SSSR count). The second kappa shape index (κ2) is 7.71. The third-order valence-corrected chi connectivity index (χ3v) is 4.56. The van der Waals surface area contributed by atoms with Crippen molar-refractivity contribution in [3.63, 3.8) is 0 Å². The Kier molecular flexibility index (Phi) is 5.41. The van der Waals surface area contributed by atoms with Crippen LogP contribution in [0, 0.1) is 6.92 Å². The molecule has 1 amide bonds. The van der Waals surface area contributed by atoms with Crippen LogP contribution in [0.15, 0.2) is 30.5 Å². The molecule has 0 radical (unpaired) electrons. The number of carbonyl (C=O) groups is 1. The van der Waals surface area contributed by atoms with Gasteiger partial charge in [0.25, 0.3) is 5.91 Å². The second-order valence-corrected chi connectivity index (χ2v) is 6.66. The number of ether oxygens (including phenoxy) is 1. The molecule has 0 unspecified atom stereocenters. The van der Waals surface area contributed by atoms with E-state index in [9.17, 15) is 4.79 Å². The van der Waals surface area contributed by atoms with Crippen molar-refractivity contribution in [2.45, 2.75) is 51.8 Å². The van der Waals surface area contributed by atoms with E-state index >= 15 is 0 Å². The van der Waals surface area contributed by atoms with Gasteiger partial charge in [0, 0.05) is 12.2 Å². The van der Waals surface area contributed by atoms with Crippen molar-refractivity contribution in [3.05, 3.63) is 46.7 Å². The van der Waals surface area contributed by atoms with Gasteiger partial charge in [0.05, 0.1) is 5.02 Å². The summed E-state index contributed by atoms with van der Waals surface area (Å²) in [5.74, 6) is 0.495. The fraction of sp³-hybridized carbons (Fsp3) is 0.444. The van der Waals surface area contributed by atoms with E-state index in [2.05, 4.69) is 10.4 Å². The lowest BCUT2D eigenvalue weighted by molar-refractivity contribution is 0.0920. The molecule has 0 bridgehead atoms. The van der Waals surface area contributed by atoms with Gasteiger partial charge in [0.1, 0.15) is 11.4 Å². The van der Waals surface area contributed by atoms with E-state index in [1.807, 2.05) is 19.1 Å². The van der Waals surface area contributed by atoms with Crippen molar-refractivity contribution < 1.29 is 9.53 Å². The van der Waals surface area contributed by atoms with Gasteiger partial charge in [0.2, 0.25) is 0 Å². The Morgan fingerprint density at radius 1 is 1.33 bits per heavy atom. The van der Waals surface area contributed by atoms with Crippen LogP contribution in [0.2, 0.25) is 5.02 Å². The van der Waals surface area contributed by atoms with Gasteiger partial charge in [-0.25, -0.2) is 4.68 Å². The molecule has 0 saturated heterocycles. The summed E-state index contributed by atoms with van der Waals surface area (Å²) in [7, 11) is 0. The molecule has 6 heteroatoms. The molecule has 1 aromatic heterocycles. The van der Waals surface area contributed by atoms with Crippen molar-refractivity contribution in [3.8, 4) is 5.75 Å². The highest BCUT2D eigenvalue weighted by Gasteiger charge is 2.18. The zero-order chi connectivity index (χ0) is 16.9.